The van der Waals surface area contributed by atoms with Crippen molar-refractivity contribution in [1.29, 1.82) is 0 Å². The van der Waals surface area contributed by atoms with Crippen LogP contribution in [0.4, 0.5) is 0 Å². The van der Waals surface area contributed by atoms with Crippen molar-refractivity contribution in [3.63, 3.8) is 0 Å². The van der Waals surface area contributed by atoms with Crippen LogP contribution in [0.1, 0.15) is 17.5 Å². The Morgan fingerprint density at radius 3 is 2.64 bits per heavy atom. The molecule has 1 aromatic rings. The normalized spacial score (nSPS) is 16.6. The van der Waals surface area contributed by atoms with Gasteiger partial charge in [0.2, 0.25) is 0 Å². The van der Waals surface area contributed by atoms with Crippen molar-refractivity contribution in [1.82, 2.24) is 0 Å². The Morgan fingerprint density at radius 2 is 1.93 bits per heavy atom. The SMILES string of the molecule is O=S(=O)(O)[C]1CC=Cc2ccccc21. The Kier molecular flexibility index (Phi) is 2.17. The van der Waals surface area contributed by atoms with E-state index in [9.17, 15) is 8.42 Å². The number of benzene rings is 1. The average molecular weight is 209 g/mol. The van der Waals surface area contributed by atoms with E-state index in [1.165, 1.54) is 0 Å². The van der Waals surface area contributed by atoms with Gasteiger partial charge in [-0.15, -0.1) is 0 Å². The highest BCUT2D eigenvalue weighted by Gasteiger charge is 2.28. The van der Waals surface area contributed by atoms with Crippen LogP contribution in [0.5, 0.6) is 0 Å². The van der Waals surface area contributed by atoms with Gasteiger partial charge >= 0.3 is 0 Å². The van der Waals surface area contributed by atoms with Crippen LogP contribution < -0.4 is 0 Å². The molecule has 0 bridgehead atoms. The molecule has 1 N–H and O–H groups in total. The molecule has 0 amide bonds. The molecule has 0 atom stereocenters. The summed E-state index contributed by atoms with van der Waals surface area (Å²) in [4.78, 5) is 0. The Hall–Kier alpha value is -1.13. The van der Waals surface area contributed by atoms with Crippen LogP contribution in [-0.4, -0.2) is 13.0 Å². The molecule has 3 nitrogen and oxygen atoms in total. The predicted octanol–water partition coefficient (Wildman–Crippen LogP) is 1.87. The van der Waals surface area contributed by atoms with E-state index in [-0.39, 0.29) is 11.7 Å². The van der Waals surface area contributed by atoms with Crippen LogP contribution in [0.15, 0.2) is 30.3 Å². The Bertz CT molecular complexity index is 474. The lowest BCUT2D eigenvalue weighted by molar-refractivity contribution is 0.484. The number of fused-ring (bicyclic) bond motifs is 1. The van der Waals surface area contributed by atoms with Crippen LogP contribution in [-0.2, 0) is 10.1 Å². The van der Waals surface area contributed by atoms with Crippen LogP contribution >= 0.6 is 0 Å². The molecule has 0 fully saturated rings. The lowest BCUT2D eigenvalue weighted by Crippen LogP contribution is -2.15. The lowest BCUT2D eigenvalue weighted by atomic mass is 9.97. The van der Waals surface area contributed by atoms with Crippen molar-refractivity contribution in [2.75, 3.05) is 0 Å². The van der Waals surface area contributed by atoms with Crippen LogP contribution in [0.2, 0.25) is 0 Å². The van der Waals surface area contributed by atoms with Crippen molar-refractivity contribution in [2.45, 2.75) is 6.42 Å². The second kappa shape index (κ2) is 3.22. The zero-order valence-electron chi connectivity index (χ0n) is 7.34. The van der Waals surface area contributed by atoms with Crippen molar-refractivity contribution in [3.8, 4) is 0 Å². The third-order valence-electron chi connectivity index (χ3n) is 2.17. The molecule has 0 aliphatic heterocycles. The number of rotatable bonds is 1. The van der Waals surface area contributed by atoms with Gasteiger partial charge in [0.05, 0.1) is 0 Å². The summed E-state index contributed by atoms with van der Waals surface area (Å²) < 4.78 is 31.1. The molecule has 0 aromatic heterocycles. The lowest BCUT2D eigenvalue weighted by Gasteiger charge is -2.17. The molecule has 1 radical (unpaired) electrons. The van der Waals surface area contributed by atoms with Gasteiger partial charge in [0.25, 0.3) is 10.1 Å². The molecule has 4 heteroatoms. The second-order valence-electron chi connectivity index (χ2n) is 3.09. The second-order valence-corrected chi connectivity index (χ2v) is 4.53. The van der Waals surface area contributed by atoms with E-state index in [0.29, 0.717) is 5.56 Å². The third kappa shape index (κ3) is 1.58. The highest BCUT2D eigenvalue weighted by molar-refractivity contribution is 7.89. The first kappa shape index (κ1) is 9.43. The van der Waals surface area contributed by atoms with Gasteiger partial charge in [-0.3, -0.25) is 4.55 Å². The summed E-state index contributed by atoms with van der Waals surface area (Å²) in [5, 5.41) is 0.0793. The monoisotopic (exact) mass is 209 g/mol. The molecular weight excluding hydrogens is 200 g/mol. The maximum Gasteiger partial charge on any atom is 0.277 e. The van der Waals surface area contributed by atoms with Crippen LogP contribution in [0, 0.1) is 5.25 Å². The highest BCUT2D eigenvalue weighted by Crippen LogP contribution is 2.31. The van der Waals surface area contributed by atoms with Crippen LogP contribution in [0.3, 0.4) is 0 Å². The maximum atomic E-state index is 11.0. The third-order valence-corrected chi connectivity index (χ3v) is 3.18. The van der Waals surface area contributed by atoms with Crippen LogP contribution in [0.25, 0.3) is 6.08 Å². The molecule has 2 rings (SSSR count). The summed E-state index contributed by atoms with van der Waals surface area (Å²) in [6.45, 7) is 0. The van der Waals surface area contributed by atoms with Gasteiger partial charge in [-0.1, -0.05) is 36.4 Å². The summed E-state index contributed by atoms with van der Waals surface area (Å²) in [6, 6.07) is 7.09. The minimum atomic E-state index is -4.07. The van der Waals surface area contributed by atoms with Gasteiger partial charge in [0.1, 0.15) is 0 Å². The fraction of sp³-hybridized carbons (Fsp3) is 0.100. The fourth-order valence-electron chi connectivity index (χ4n) is 1.54. The maximum absolute atomic E-state index is 11.0. The van der Waals surface area contributed by atoms with E-state index in [1.807, 2.05) is 18.2 Å². The van der Waals surface area contributed by atoms with E-state index >= 15 is 0 Å². The molecule has 0 saturated carbocycles. The minimum absolute atomic E-state index is 0.0793. The number of hydrogen-bond donors (Lipinski definition) is 1. The molecule has 0 unspecified atom stereocenters. The average Bonchev–Trinajstić information content (AvgIpc) is 2.15. The number of hydrogen-bond acceptors (Lipinski definition) is 2. The summed E-state index contributed by atoms with van der Waals surface area (Å²) in [7, 11) is -4.07. The number of allylic oxidation sites excluding steroid dienone is 1. The quantitative estimate of drug-likeness (QED) is 0.718. The summed E-state index contributed by atoms with van der Waals surface area (Å²) in [6.07, 6.45) is 3.84. The zero-order chi connectivity index (χ0) is 10.2. The van der Waals surface area contributed by atoms with Gasteiger partial charge in [-0.05, 0) is 17.5 Å². The van der Waals surface area contributed by atoms with E-state index in [0.717, 1.165) is 5.56 Å². The van der Waals surface area contributed by atoms with Gasteiger partial charge < -0.3 is 0 Å². The first-order valence-electron chi connectivity index (χ1n) is 4.18. The van der Waals surface area contributed by atoms with Crippen molar-refractivity contribution < 1.29 is 13.0 Å². The molecule has 0 saturated heterocycles. The summed E-state index contributed by atoms with van der Waals surface area (Å²) in [5.41, 5.74) is 1.42. The standard InChI is InChI=1S/C10H9O3S/c11-14(12,13)10-7-3-5-8-4-1-2-6-9(8)10/h1-6H,7H2,(H,11,12,13). The summed E-state index contributed by atoms with van der Waals surface area (Å²) >= 11 is 0. The molecule has 1 aromatic carbocycles. The molecule has 0 spiro atoms. The van der Waals surface area contributed by atoms with Gasteiger partial charge in [0.15, 0.2) is 5.25 Å². The summed E-state index contributed by atoms with van der Waals surface area (Å²) in [5.74, 6) is 0. The van der Waals surface area contributed by atoms with E-state index in [1.54, 1.807) is 18.2 Å². The first-order valence-corrected chi connectivity index (χ1v) is 5.62. The minimum Gasteiger partial charge on any atom is -0.285 e. The Balaban J connectivity index is 2.57. The topological polar surface area (TPSA) is 54.4 Å². The molecular formula is C10H9O3S. The van der Waals surface area contributed by atoms with Crippen molar-refractivity contribution in [3.05, 3.63) is 46.7 Å². The molecule has 14 heavy (non-hydrogen) atoms. The van der Waals surface area contributed by atoms with Gasteiger partial charge in [-0.2, -0.15) is 8.42 Å². The smallest absolute Gasteiger partial charge is 0.277 e. The molecule has 73 valence electrons. The van der Waals surface area contributed by atoms with Gasteiger partial charge in [-0.25, -0.2) is 0 Å². The highest BCUT2D eigenvalue weighted by atomic mass is 32.2. The predicted molar refractivity (Wildman–Crippen MR) is 54.0 cm³/mol. The first-order chi connectivity index (χ1) is 6.59. The van der Waals surface area contributed by atoms with Crippen molar-refractivity contribution >= 4 is 16.2 Å². The Labute approximate surface area is 82.8 Å². The molecule has 1 aliphatic carbocycles. The van der Waals surface area contributed by atoms with Gasteiger partial charge in [0, 0.05) is 0 Å². The Morgan fingerprint density at radius 1 is 1.21 bits per heavy atom. The van der Waals surface area contributed by atoms with E-state index in [4.69, 9.17) is 4.55 Å². The zero-order valence-corrected chi connectivity index (χ0v) is 8.16. The van der Waals surface area contributed by atoms with E-state index in [2.05, 4.69) is 0 Å². The molecule has 1 aliphatic rings. The van der Waals surface area contributed by atoms with Crippen molar-refractivity contribution in [2.24, 2.45) is 0 Å². The molecule has 0 heterocycles. The fourth-order valence-corrected chi connectivity index (χ4v) is 2.31. The van der Waals surface area contributed by atoms with E-state index < -0.39 is 10.1 Å². The largest absolute Gasteiger partial charge is 0.285 e.